The largest absolute Gasteiger partial charge is 0.490 e. The average Bonchev–Trinajstić information content (AvgIpc) is 2.83. The number of nitrogens with zero attached hydrogens (tertiary/aromatic N) is 2. The fraction of sp³-hybridized carbons (Fsp3) is 0.500. The van der Waals surface area contributed by atoms with Gasteiger partial charge in [-0.05, 0) is 52.3 Å². The van der Waals surface area contributed by atoms with Gasteiger partial charge in [-0.25, -0.2) is 0 Å². The van der Waals surface area contributed by atoms with E-state index in [2.05, 4.69) is 10.4 Å². The summed E-state index contributed by atoms with van der Waals surface area (Å²) in [6, 6.07) is 5.65. The van der Waals surface area contributed by atoms with Crippen molar-refractivity contribution in [3.8, 4) is 11.5 Å². The van der Waals surface area contributed by atoms with Gasteiger partial charge in [-0.2, -0.15) is 5.10 Å². The summed E-state index contributed by atoms with van der Waals surface area (Å²) < 4.78 is 13.1. The van der Waals surface area contributed by atoms with Crippen molar-refractivity contribution >= 4 is 5.91 Å². The summed E-state index contributed by atoms with van der Waals surface area (Å²) in [5, 5.41) is 7.42. The van der Waals surface area contributed by atoms with Gasteiger partial charge in [0.1, 0.15) is 0 Å². The van der Waals surface area contributed by atoms with Gasteiger partial charge < -0.3 is 14.8 Å². The van der Waals surface area contributed by atoms with E-state index < -0.39 is 0 Å². The van der Waals surface area contributed by atoms with Crippen LogP contribution in [-0.2, 0) is 18.3 Å². The number of benzene rings is 1. The number of aryl methyl sites for hydroxylation is 2. The number of aromatic nitrogens is 2. The minimum atomic E-state index is -0.130. The predicted octanol–water partition coefficient (Wildman–Crippen LogP) is 3.25. The zero-order valence-corrected chi connectivity index (χ0v) is 16.5. The molecule has 0 saturated carbocycles. The summed E-state index contributed by atoms with van der Waals surface area (Å²) in [5.74, 6) is 1.40. The van der Waals surface area contributed by atoms with E-state index in [0.29, 0.717) is 25.4 Å². The first-order valence-corrected chi connectivity index (χ1v) is 9.05. The number of hydrogen-bond donors (Lipinski definition) is 1. The summed E-state index contributed by atoms with van der Waals surface area (Å²) in [5.41, 5.74) is 3.88. The van der Waals surface area contributed by atoms with Crippen molar-refractivity contribution in [2.24, 2.45) is 7.05 Å². The third kappa shape index (κ3) is 4.56. The smallest absolute Gasteiger partial charge is 0.225 e. The van der Waals surface area contributed by atoms with E-state index in [-0.39, 0.29) is 11.9 Å². The van der Waals surface area contributed by atoms with Crippen LogP contribution < -0.4 is 14.8 Å². The molecule has 2 rings (SSSR count). The van der Waals surface area contributed by atoms with Gasteiger partial charge in [0.15, 0.2) is 11.5 Å². The highest BCUT2D eigenvalue weighted by molar-refractivity contribution is 5.79. The number of ether oxygens (including phenoxy) is 2. The van der Waals surface area contributed by atoms with Crippen molar-refractivity contribution in [2.75, 3.05) is 13.2 Å². The summed E-state index contributed by atoms with van der Waals surface area (Å²) in [7, 11) is 1.89. The number of amides is 1. The second-order valence-electron chi connectivity index (χ2n) is 6.31. The lowest BCUT2D eigenvalue weighted by Crippen LogP contribution is -2.28. The molecule has 0 fully saturated rings. The second-order valence-corrected chi connectivity index (χ2v) is 6.31. The molecule has 26 heavy (non-hydrogen) atoms. The molecule has 6 nitrogen and oxygen atoms in total. The van der Waals surface area contributed by atoms with E-state index in [1.54, 1.807) is 0 Å². The van der Waals surface area contributed by atoms with Crippen molar-refractivity contribution < 1.29 is 14.3 Å². The highest BCUT2D eigenvalue weighted by Gasteiger charge is 2.17. The standard InChI is InChI=1S/C20H29N3O3/c1-7-25-18-10-9-16(11-19(18)26-8-2)13(3)21-20(24)12-17-14(4)22-23(6)15(17)5/h9-11,13H,7-8,12H2,1-6H3,(H,21,24). The molecule has 1 amide bonds. The molecule has 0 aliphatic carbocycles. The van der Waals surface area contributed by atoms with E-state index in [0.717, 1.165) is 28.3 Å². The van der Waals surface area contributed by atoms with Crippen molar-refractivity contribution in [3.63, 3.8) is 0 Å². The van der Waals surface area contributed by atoms with Crippen LogP contribution in [0.2, 0.25) is 0 Å². The highest BCUT2D eigenvalue weighted by Crippen LogP contribution is 2.30. The first-order chi connectivity index (χ1) is 12.4. The van der Waals surface area contributed by atoms with E-state index >= 15 is 0 Å². The molecule has 0 aliphatic rings. The van der Waals surface area contributed by atoms with Crippen LogP contribution in [0.1, 0.15) is 49.3 Å². The number of rotatable bonds is 8. The van der Waals surface area contributed by atoms with E-state index in [1.165, 1.54) is 0 Å². The molecule has 0 aliphatic heterocycles. The molecule has 0 bridgehead atoms. The molecule has 1 atom stereocenters. The first kappa shape index (κ1) is 19.8. The van der Waals surface area contributed by atoms with Crippen LogP contribution in [0.3, 0.4) is 0 Å². The minimum absolute atomic E-state index is 0.0245. The average molecular weight is 359 g/mol. The van der Waals surface area contributed by atoms with Gasteiger partial charge >= 0.3 is 0 Å². The lowest BCUT2D eigenvalue weighted by Gasteiger charge is -2.17. The van der Waals surface area contributed by atoms with Crippen molar-refractivity contribution in [1.29, 1.82) is 0 Å². The van der Waals surface area contributed by atoms with Crippen molar-refractivity contribution in [3.05, 3.63) is 40.7 Å². The molecular formula is C20H29N3O3. The zero-order valence-electron chi connectivity index (χ0n) is 16.5. The Morgan fingerprint density at radius 1 is 1.19 bits per heavy atom. The Bertz CT molecular complexity index is 768. The number of carbonyl (C=O) groups is 1. The van der Waals surface area contributed by atoms with E-state index in [9.17, 15) is 4.79 Å². The molecule has 0 spiro atoms. The summed E-state index contributed by atoms with van der Waals surface area (Å²) in [6.45, 7) is 10.9. The molecule has 0 radical (unpaired) electrons. The van der Waals surface area contributed by atoms with Crippen LogP contribution in [0.25, 0.3) is 0 Å². The van der Waals surface area contributed by atoms with Crippen LogP contribution in [0.4, 0.5) is 0 Å². The molecule has 2 aromatic rings. The Balaban J connectivity index is 2.09. The zero-order chi connectivity index (χ0) is 19.3. The van der Waals surface area contributed by atoms with Gasteiger partial charge in [0, 0.05) is 18.3 Å². The summed E-state index contributed by atoms with van der Waals surface area (Å²) in [4.78, 5) is 12.5. The van der Waals surface area contributed by atoms with Crippen LogP contribution >= 0.6 is 0 Å². The Labute approximate surface area is 155 Å². The third-order valence-electron chi connectivity index (χ3n) is 4.44. The SMILES string of the molecule is CCOc1ccc(C(C)NC(=O)Cc2c(C)nn(C)c2C)cc1OCC. The van der Waals surface area contributed by atoms with Gasteiger partial charge in [-0.15, -0.1) is 0 Å². The molecule has 1 aromatic heterocycles. The number of carbonyl (C=O) groups excluding carboxylic acids is 1. The maximum absolute atomic E-state index is 12.5. The molecule has 1 unspecified atom stereocenters. The highest BCUT2D eigenvalue weighted by atomic mass is 16.5. The van der Waals surface area contributed by atoms with Gasteiger partial charge in [-0.3, -0.25) is 9.48 Å². The molecule has 1 N–H and O–H groups in total. The Morgan fingerprint density at radius 3 is 2.42 bits per heavy atom. The van der Waals surface area contributed by atoms with E-state index in [1.807, 2.05) is 64.5 Å². The molecule has 0 saturated heterocycles. The van der Waals surface area contributed by atoms with Crippen molar-refractivity contribution in [2.45, 2.75) is 47.1 Å². The van der Waals surface area contributed by atoms with Crippen LogP contribution in [0.5, 0.6) is 11.5 Å². The quantitative estimate of drug-likeness (QED) is 0.786. The van der Waals surface area contributed by atoms with Crippen molar-refractivity contribution in [1.82, 2.24) is 15.1 Å². The minimum Gasteiger partial charge on any atom is -0.490 e. The fourth-order valence-corrected chi connectivity index (χ4v) is 2.95. The van der Waals surface area contributed by atoms with Crippen LogP contribution in [0.15, 0.2) is 18.2 Å². The molecule has 6 heteroatoms. The van der Waals surface area contributed by atoms with Crippen LogP contribution in [-0.4, -0.2) is 28.9 Å². The van der Waals surface area contributed by atoms with Crippen LogP contribution in [0, 0.1) is 13.8 Å². The summed E-state index contributed by atoms with van der Waals surface area (Å²) >= 11 is 0. The topological polar surface area (TPSA) is 65.4 Å². The molecular weight excluding hydrogens is 330 g/mol. The van der Waals surface area contributed by atoms with Gasteiger partial charge in [0.2, 0.25) is 5.91 Å². The summed E-state index contributed by atoms with van der Waals surface area (Å²) in [6.07, 6.45) is 0.325. The van der Waals surface area contributed by atoms with Gasteiger partial charge in [0.05, 0.1) is 31.4 Å². The van der Waals surface area contributed by atoms with Gasteiger partial charge in [-0.1, -0.05) is 6.07 Å². The fourth-order valence-electron chi connectivity index (χ4n) is 2.95. The third-order valence-corrected chi connectivity index (χ3v) is 4.44. The second kappa shape index (κ2) is 8.74. The number of nitrogens with one attached hydrogen (secondary N) is 1. The Kier molecular flexibility index (Phi) is 6.66. The maximum Gasteiger partial charge on any atom is 0.225 e. The lowest BCUT2D eigenvalue weighted by atomic mass is 10.1. The molecule has 1 aromatic carbocycles. The monoisotopic (exact) mass is 359 g/mol. The number of hydrogen-bond acceptors (Lipinski definition) is 4. The Hall–Kier alpha value is -2.50. The molecule has 1 heterocycles. The Morgan fingerprint density at radius 2 is 1.85 bits per heavy atom. The normalized spacial score (nSPS) is 11.9. The first-order valence-electron chi connectivity index (χ1n) is 9.05. The maximum atomic E-state index is 12.5. The van der Waals surface area contributed by atoms with Gasteiger partial charge in [0.25, 0.3) is 0 Å². The molecule has 142 valence electrons. The predicted molar refractivity (Wildman–Crippen MR) is 102 cm³/mol. The van der Waals surface area contributed by atoms with E-state index in [4.69, 9.17) is 9.47 Å². The lowest BCUT2D eigenvalue weighted by molar-refractivity contribution is -0.121.